The maximum absolute atomic E-state index is 5.77. The zero-order valence-electron chi connectivity index (χ0n) is 10.2. The highest BCUT2D eigenvalue weighted by Crippen LogP contribution is 2.31. The van der Waals surface area contributed by atoms with E-state index in [9.17, 15) is 0 Å². The van der Waals surface area contributed by atoms with Crippen LogP contribution in [0, 0.1) is 0 Å². The van der Waals surface area contributed by atoms with Crippen molar-refractivity contribution < 1.29 is 28.4 Å². The van der Waals surface area contributed by atoms with Gasteiger partial charge in [-0.15, -0.1) is 0 Å². The molecule has 4 rings (SSSR count). The van der Waals surface area contributed by atoms with Crippen molar-refractivity contribution in [3.8, 4) is 0 Å². The van der Waals surface area contributed by atoms with E-state index in [4.69, 9.17) is 28.4 Å². The zero-order chi connectivity index (χ0) is 11.9. The molecule has 6 nitrogen and oxygen atoms in total. The van der Waals surface area contributed by atoms with Gasteiger partial charge in [0.15, 0.2) is 0 Å². The van der Waals surface area contributed by atoms with E-state index in [1.807, 2.05) is 0 Å². The van der Waals surface area contributed by atoms with Crippen LogP contribution in [0.2, 0.25) is 0 Å². The molecule has 0 radical (unpaired) electrons. The summed E-state index contributed by atoms with van der Waals surface area (Å²) < 4.78 is 33.3. The zero-order valence-corrected chi connectivity index (χ0v) is 10.2. The molecule has 4 heterocycles. The number of hydrogen-bond acceptors (Lipinski definition) is 6. The molecule has 0 aromatic rings. The quantitative estimate of drug-likeness (QED) is 0.590. The fraction of sp³-hybridized carbons (Fsp3) is 1.00. The second-order valence-corrected chi connectivity index (χ2v) is 5.25. The van der Waals surface area contributed by atoms with E-state index in [2.05, 4.69) is 0 Å². The number of ether oxygens (including phenoxy) is 6. The maximum Gasteiger partial charge on any atom is 0.115 e. The first-order valence-electron chi connectivity index (χ1n) is 6.60. The van der Waals surface area contributed by atoms with Crippen LogP contribution in [-0.4, -0.2) is 76.3 Å². The molecule has 4 saturated heterocycles. The van der Waals surface area contributed by atoms with E-state index < -0.39 is 0 Å². The first-order valence-corrected chi connectivity index (χ1v) is 6.60. The summed E-state index contributed by atoms with van der Waals surface area (Å²) in [7, 11) is 0. The molecule has 18 heavy (non-hydrogen) atoms. The van der Waals surface area contributed by atoms with E-state index >= 15 is 0 Å². The number of fused-ring (bicyclic) bond motifs is 1. The average molecular weight is 258 g/mol. The van der Waals surface area contributed by atoms with Crippen LogP contribution >= 0.6 is 0 Å². The van der Waals surface area contributed by atoms with Gasteiger partial charge in [-0.05, 0) is 0 Å². The highest BCUT2D eigenvalue weighted by molar-refractivity contribution is 4.96. The molecule has 0 unspecified atom stereocenters. The highest BCUT2D eigenvalue weighted by atomic mass is 16.7. The summed E-state index contributed by atoms with van der Waals surface area (Å²) >= 11 is 0. The molecule has 0 N–H and O–H groups in total. The molecule has 6 atom stereocenters. The predicted molar refractivity (Wildman–Crippen MR) is 58.4 cm³/mol. The number of epoxide rings is 2. The molecule has 0 aromatic heterocycles. The summed E-state index contributed by atoms with van der Waals surface area (Å²) in [6, 6.07) is 0. The summed E-state index contributed by atoms with van der Waals surface area (Å²) in [5.41, 5.74) is 0. The van der Waals surface area contributed by atoms with Gasteiger partial charge in [-0.3, -0.25) is 0 Å². The Labute approximate surface area is 105 Å². The van der Waals surface area contributed by atoms with Gasteiger partial charge in [0, 0.05) is 0 Å². The Kier molecular flexibility index (Phi) is 3.02. The summed E-state index contributed by atoms with van der Waals surface area (Å²) in [6.45, 7) is 4.08. The van der Waals surface area contributed by atoms with Gasteiger partial charge in [-0.1, -0.05) is 0 Å². The largest absolute Gasteiger partial charge is 0.371 e. The standard InChI is InChI=1S/C12H18O6/c1-7(13-1)3-15-9-5-17-12-10(6-18-11(9)12)16-4-8-2-14-8/h7-12H,1-6H2/t7-,8+,9-,10+,11-,12+. The lowest BCUT2D eigenvalue weighted by atomic mass is 10.1. The van der Waals surface area contributed by atoms with Crippen molar-refractivity contribution in [3.05, 3.63) is 0 Å². The van der Waals surface area contributed by atoms with Gasteiger partial charge >= 0.3 is 0 Å². The third-order valence-electron chi connectivity index (χ3n) is 3.76. The molecule has 4 aliphatic heterocycles. The Bertz CT molecular complexity index is 273. The number of hydrogen-bond donors (Lipinski definition) is 0. The van der Waals surface area contributed by atoms with Crippen LogP contribution in [-0.2, 0) is 28.4 Å². The molecule has 4 fully saturated rings. The first kappa shape index (κ1) is 11.6. The van der Waals surface area contributed by atoms with Gasteiger partial charge in [-0.25, -0.2) is 0 Å². The van der Waals surface area contributed by atoms with Crippen LogP contribution in [0.3, 0.4) is 0 Å². The molecule has 102 valence electrons. The van der Waals surface area contributed by atoms with Crippen molar-refractivity contribution in [2.24, 2.45) is 0 Å². The van der Waals surface area contributed by atoms with Gasteiger partial charge in [-0.2, -0.15) is 0 Å². The molecule has 0 aromatic carbocycles. The third kappa shape index (κ3) is 2.41. The van der Waals surface area contributed by atoms with Gasteiger partial charge in [0.05, 0.1) is 39.6 Å². The minimum atomic E-state index is 0.00821. The minimum Gasteiger partial charge on any atom is -0.371 e. The lowest BCUT2D eigenvalue weighted by Crippen LogP contribution is -2.35. The van der Waals surface area contributed by atoms with Crippen LogP contribution < -0.4 is 0 Å². The monoisotopic (exact) mass is 258 g/mol. The van der Waals surface area contributed by atoms with Crippen molar-refractivity contribution in [1.29, 1.82) is 0 Å². The molecule has 0 aliphatic carbocycles. The molecule has 0 bridgehead atoms. The molecule has 4 aliphatic rings. The van der Waals surface area contributed by atoms with Crippen molar-refractivity contribution in [2.45, 2.75) is 36.6 Å². The summed E-state index contributed by atoms with van der Waals surface area (Å²) in [4.78, 5) is 0. The topological polar surface area (TPSA) is 62.0 Å². The SMILES string of the molecule is C1O[C@H]1CO[C@@H]1CO[C@@H]2[C@@H]1OC[C@@H]2OC[C@@H]1CO1. The molecular formula is C12H18O6. The normalized spacial score (nSPS) is 49.3. The fourth-order valence-corrected chi connectivity index (χ4v) is 2.51. The Balaban J connectivity index is 1.27. The highest BCUT2D eigenvalue weighted by Gasteiger charge is 2.49. The lowest BCUT2D eigenvalue weighted by Gasteiger charge is -2.16. The Morgan fingerprint density at radius 1 is 0.667 bits per heavy atom. The van der Waals surface area contributed by atoms with E-state index in [0.29, 0.717) is 26.4 Å². The van der Waals surface area contributed by atoms with Gasteiger partial charge in [0.1, 0.15) is 36.6 Å². The van der Waals surface area contributed by atoms with E-state index in [1.54, 1.807) is 0 Å². The third-order valence-corrected chi connectivity index (χ3v) is 3.76. The predicted octanol–water partition coefficient (Wildman–Crippen LogP) is -0.648. The van der Waals surface area contributed by atoms with Crippen molar-refractivity contribution in [2.75, 3.05) is 39.6 Å². The van der Waals surface area contributed by atoms with Gasteiger partial charge in [0.2, 0.25) is 0 Å². The fourth-order valence-electron chi connectivity index (χ4n) is 2.51. The smallest absolute Gasteiger partial charge is 0.115 e. The summed E-state index contributed by atoms with van der Waals surface area (Å²) in [5, 5.41) is 0. The van der Waals surface area contributed by atoms with Crippen molar-refractivity contribution in [1.82, 2.24) is 0 Å². The molecule has 0 amide bonds. The Morgan fingerprint density at radius 2 is 1.11 bits per heavy atom. The first-order chi connectivity index (χ1) is 8.90. The lowest BCUT2D eigenvalue weighted by molar-refractivity contribution is -0.0541. The van der Waals surface area contributed by atoms with E-state index in [1.165, 1.54) is 0 Å². The van der Waals surface area contributed by atoms with Gasteiger partial charge in [0.25, 0.3) is 0 Å². The minimum absolute atomic E-state index is 0.00821. The van der Waals surface area contributed by atoms with Crippen LogP contribution in [0.15, 0.2) is 0 Å². The number of rotatable bonds is 6. The van der Waals surface area contributed by atoms with Crippen molar-refractivity contribution in [3.63, 3.8) is 0 Å². The Hall–Kier alpha value is -0.240. The van der Waals surface area contributed by atoms with Crippen LogP contribution in [0.4, 0.5) is 0 Å². The maximum atomic E-state index is 5.77. The van der Waals surface area contributed by atoms with Crippen LogP contribution in [0.25, 0.3) is 0 Å². The second-order valence-electron chi connectivity index (χ2n) is 5.25. The second kappa shape index (κ2) is 4.70. The molecule has 0 spiro atoms. The molecular weight excluding hydrogens is 240 g/mol. The summed E-state index contributed by atoms with van der Waals surface area (Å²) in [5.74, 6) is 0. The van der Waals surface area contributed by atoms with Crippen molar-refractivity contribution >= 4 is 0 Å². The van der Waals surface area contributed by atoms with E-state index in [-0.39, 0.29) is 36.6 Å². The van der Waals surface area contributed by atoms with Gasteiger partial charge < -0.3 is 28.4 Å². The molecule has 6 heteroatoms. The van der Waals surface area contributed by atoms with Crippen LogP contribution in [0.5, 0.6) is 0 Å². The molecule has 0 saturated carbocycles. The van der Waals surface area contributed by atoms with E-state index in [0.717, 1.165) is 13.2 Å². The van der Waals surface area contributed by atoms with Crippen LogP contribution in [0.1, 0.15) is 0 Å². The Morgan fingerprint density at radius 3 is 1.50 bits per heavy atom. The average Bonchev–Trinajstić information content (AvgIpc) is 3.28. The summed E-state index contributed by atoms with van der Waals surface area (Å²) in [6.07, 6.45) is 0.617.